The Hall–Kier alpha value is -1.12. The molecule has 1 aromatic carbocycles. The zero-order valence-corrected chi connectivity index (χ0v) is 13.6. The predicted octanol–water partition coefficient (Wildman–Crippen LogP) is 0.635. The van der Waals surface area contributed by atoms with Gasteiger partial charge in [0, 0.05) is 12.8 Å². The average molecular weight is 321 g/mol. The lowest BCUT2D eigenvalue weighted by atomic mass is 10.1. The topological polar surface area (TPSA) is 89.5 Å². The van der Waals surface area contributed by atoms with Crippen LogP contribution in [-0.4, -0.2) is 42.5 Å². The maximum atomic E-state index is 12.2. The second kappa shape index (κ2) is 6.11. The fourth-order valence-corrected chi connectivity index (χ4v) is 3.44. The highest BCUT2D eigenvalue weighted by Gasteiger charge is 2.20. The number of hydrogen-bond acceptors (Lipinski definition) is 5. The lowest BCUT2D eigenvalue weighted by molar-refractivity contribution is 0.402. The van der Waals surface area contributed by atoms with Gasteiger partial charge in [-0.2, -0.15) is 0 Å². The second-order valence-corrected chi connectivity index (χ2v) is 8.61. The zero-order valence-electron chi connectivity index (χ0n) is 11.9. The standard InChI is InChI=1S/C12H19NO5S2/c1-9-7-11(18-3)12(8-10(9)2)20(16,17)13-5-6-19(4,14)15/h7-8,13H,5-6H2,1-4H3. The minimum atomic E-state index is -3.80. The van der Waals surface area contributed by atoms with Gasteiger partial charge in [-0.3, -0.25) is 0 Å². The molecule has 1 rings (SSSR count). The highest BCUT2D eigenvalue weighted by molar-refractivity contribution is 7.91. The van der Waals surface area contributed by atoms with Gasteiger partial charge in [0.15, 0.2) is 0 Å². The third-order valence-electron chi connectivity index (χ3n) is 2.83. The number of hydrogen-bond donors (Lipinski definition) is 1. The van der Waals surface area contributed by atoms with Gasteiger partial charge in [0.1, 0.15) is 20.5 Å². The first-order valence-corrected chi connectivity index (χ1v) is 9.44. The molecule has 0 radical (unpaired) electrons. The van der Waals surface area contributed by atoms with Crippen LogP contribution in [0, 0.1) is 13.8 Å². The number of ether oxygens (including phenoxy) is 1. The van der Waals surface area contributed by atoms with E-state index in [1.165, 1.54) is 13.2 Å². The van der Waals surface area contributed by atoms with Crippen LogP contribution in [0.4, 0.5) is 0 Å². The summed E-state index contributed by atoms with van der Waals surface area (Å²) in [6.07, 6.45) is 1.05. The number of rotatable bonds is 6. The van der Waals surface area contributed by atoms with Crippen molar-refractivity contribution >= 4 is 19.9 Å². The molecule has 0 aromatic heterocycles. The van der Waals surface area contributed by atoms with Gasteiger partial charge in [-0.1, -0.05) is 0 Å². The highest BCUT2D eigenvalue weighted by Crippen LogP contribution is 2.26. The van der Waals surface area contributed by atoms with Crippen LogP contribution in [0.3, 0.4) is 0 Å². The Kier molecular flexibility index (Phi) is 5.17. The number of sulfonamides is 1. The normalized spacial score (nSPS) is 12.4. The fraction of sp³-hybridized carbons (Fsp3) is 0.500. The SMILES string of the molecule is COc1cc(C)c(C)cc1S(=O)(=O)NCCS(C)(=O)=O. The van der Waals surface area contributed by atoms with Crippen molar-refractivity contribution in [3.8, 4) is 5.75 Å². The number of methoxy groups -OCH3 is 1. The minimum Gasteiger partial charge on any atom is -0.495 e. The van der Waals surface area contributed by atoms with E-state index in [1.54, 1.807) is 13.0 Å². The molecule has 0 amide bonds. The summed E-state index contributed by atoms with van der Waals surface area (Å²) in [6.45, 7) is 3.48. The van der Waals surface area contributed by atoms with E-state index in [-0.39, 0.29) is 22.9 Å². The van der Waals surface area contributed by atoms with Gasteiger partial charge >= 0.3 is 0 Å². The van der Waals surface area contributed by atoms with Crippen LogP contribution in [0.15, 0.2) is 17.0 Å². The van der Waals surface area contributed by atoms with Crippen LogP contribution in [0.2, 0.25) is 0 Å². The maximum absolute atomic E-state index is 12.2. The Bertz CT molecular complexity index is 693. The summed E-state index contributed by atoms with van der Waals surface area (Å²) in [6, 6.07) is 3.15. The molecule has 0 atom stereocenters. The second-order valence-electron chi connectivity index (χ2n) is 4.61. The van der Waals surface area contributed by atoms with Crippen molar-refractivity contribution in [1.82, 2.24) is 4.72 Å². The molecule has 0 aliphatic carbocycles. The first-order chi connectivity index (χ1) is 9.07. The molecule has 0 saturated carbocycles. The molecule has 8 heteroatoms. The van der Waals surface area contributed by atoms with E-state index in [9.17, 15) is 16.8 Å². The van der Waals surface area contributed by atoms with E-state index in [0.29, 0.717) is 0 Å². The fourth-order valence-electron chi connectivity index (χ4n) is 1.57. The van der Waals surface area contributed by atoms with Crippen LogP contribution >= 0.6 is 0 Å². The van der Waals surface area contributed by atoms with Crippen molar-refractivity contribution in [2.45, 2.75) is 18.7 Å². The largest absolute Gasteiger partial charge is 0.495 e. The Morgan fingerprint density at radius 1 is 1.10 bits per heavy atom. The smallest absolute Gasteiger partial charge is 0.244 e. The first kappa shape index (κ1) is 16.9. The third-order valence-corrected chi connectivity index (χ3v) is 5.26. The molecule has 0 bridgehead atoms. The summed E-state index contributed by atoms with van der Waals surface area (Å²) in [5, 5.41) is 0. The summed E-state index contributed by atoms with van der Waals surface area (Å²) >= 11 is 0. The molecule has 0 heterocycles. The van der Waals surface area contributed by atoms with E-state index in [1.807, 2.05) is 6.92 Å². The van der Waals surface area contributed by atoms with Crippen LogP contribution in [0.1, 0.15) is 11.1 Å². The summed E-state index contributed by atoms with van der Waals surface area (Å²) in [5.74, 6) is -0.0145. The average Bonchev–Trinajstić information content (AvgIpc) is 2.29. The highest BCUT2D eigenvalue weighted by atomic mass is 32.2. The molecule has 0 spiro atoms. The molecule has 0 unspecified atom stereocenters. The molecule has 1 aromatic rings. The molecule has 114 valence electrons. The molecule has 1 N–H and O–H groups in total. The first-order valence-electron chi connectivity index (χ1n) is 5.89. The Morgan fingerprint density at radius 2 is 1.65 bits per heavy atom. The van der Waals surface area contributed by atoms with E-state index in [4.69, 9.17) is 4.74 Å². The number of aryl methyl sites for hydroxylation is 2. The lowest BCUT2D eigenvalue weighted by Gasteiger charge is -2.13. The van der Waals surface area contributed by atoms with Gasteiger partial charge < -0.3 is 4.74 Å². The molecule has 6 nitrogen and oxygen atoms in total. The number of nitrogens with one attached hydrogen (secondary N) is 1. The summed E-state index contributed by atoms with van der Waals surface area (Å²) in [7, 11) is -5.63. The van der Waals surface area contributed by atoms with Gasteiger partial charge in [-0.05, 0) is 37.1 Å². The summed E-state index contributed by atoms with van der Waals surface area (Å²) in [5.41, 5.74) is 1.73. The zero-order chi connectivity index (χ0) is 15.6. The van der Waals surface area contributed by atoms with Gasteiger partial charge in [0.2, 0.25) is 10.0 Å². The molecule has 0 fully saturated rings. The van der Waals surface area contributed by atoms with E-state index < -0.39 is 19.9 Å². The maximum Gasteiger partial charge on any atom is 0.244 e. The van der Waals surface area contributed by atoms with Crippen molar-refractivity contribution in [3.05, 3.63) is 23.3 Å². The predicted molar refractivity (Wildman–Crippen MR) is 77.4 cm³/mol. The lowest BCUT2D eigenvalue weighted by Crippen LogP contribution is -2.29. The van der Waals surface area contributed by atoms with Crippen molar-refractivity contribution in [2.75, 3.05) is 25.7 Å². The number of sulfone groups is 1. The molecule has 0 aliphatic rings. The summed E-state index contributed by atoms with van der Waals surface area (Å²) < 4.78 is 53.7. The van der Waals surface area contributed by atoms with Gasteiger partial charge in [0.05, 0.1) is 12.9 Å². The molecule has 20 heavy (non-hydrogen) atoms. The van der Waals surface area contributed by atoms with Crippen molar-refractivity contribution in [1.29, 1.82) is 0 Å². The third kappa shape index (κ3) is 4.46. The molecular formula is C12H19NO5S2. The molecule has 0 saturated heterocycles. The van der Waals surface area contributed by atoms with Crippen molar-refractivity contribution < 1.29 is 21.6 Å². The molecule has 0 aliphatic heterocycles. The van der Waals surface area contributed by atoms with Crippen molar-refractivity contribution in [3.63, 3.8) is 0 Å². The molecular weight excluding hydrogens is 302 g/mol. The van der Waals surface area contributed by atoms with E-state index in [2.05, 4.69) is 4.72 Å². The van der Waals surface area contributed by atoms with Crippen molar-refractivity contribution in [2.24, 2.45) is 0 Å². The Labute approximate surface area is 120 Å². The van der Waals surface area contributed by atoms with Crippen LogP contribution < -0.4 is 9.46 Å². The minimum absolute atomic E-state index is 0.0107. The number of benzene rings is 1. The van der Waals surface area contributed by atoms with E-state index >= 15 is 0 Å². The van der Waals surface area contributed by atoms with Gasteiger partial charge in [-0.15, -0.1) is 0 Å². The van der Waals surface area contributed by atoms with Gasteiger partial charge in [0.25, 0.3) is 0 Å². The Morgan fingerprint density at radius 3 is 2.15 bits per heavy atom. The van der Waals surface area contributed by atoms with Crippen LogP contribution in [-0.2, 0) is 19.9 Å². The monoisotopic (exact) mass is 321 g/mol. The van der Waals surface area contributed by atoms with Crippen LogP contribution in [0.25, 0.3) is 0 Å². The van der Waals surface area contributed by atoms with Crippen LogP contribution in [0.5, 0.6) is 5.75 Å². The van der Waals surface area contributed by atoms with E-state index in [0.717, 1.165) is 17.4 Å². The quantitative estimate of drug-likeness (QED) is 0.830. The van der Waals surface area contributed by atoms with Gasteiger partial charge in [-0.25, -0.2) is 21.6 Å². The Balaban J connectivity index is 3.06. The summed E-state index contributed by atoms with van der Waals surface area (Å²) in [4.78, 5) is 0.0107.